The summed E-state index contributed by atoms with van der Waals surface area (Å²) in [5.41, 5.74) is 8.06. The molecular formula is C24H20N4O3. The van der Waals surface area contributed by atoms with Crippen LogP contribution in [0.5, 0.6) is 0 Å². The molecule has 0 radical (unpaired) electrons. The molecular weight excluding hydrogens is 392 g/mol. The minimum absolute atomic E-state index is 0.0369. The summed E-state index contributed by atoms with van der Waals surface area (Å²) in [5, 5.41) is 2.84. The molecule has 2 aromatic heterocycles. The van der Waals surface area contributed by atoms with Crippen molar-refractivity contribution >= 4 is 44.6 Å². The minimum Gasteiger partial charge on any atom is -0.450 e. The molecule has 0 atom stereocenters. The molecule has 0 saturated heterocycles. The molecule has 5 rings (SSSR count). The Bertz CT molecular complexity index is 1480. The summed E-state index contributed by atoms with van der Waals surface area (Å²) in [6.07, 6.45) is 0.0369. The van der Waals surface area contributed by atoms with Gasteiger partial charge in [0.1, 0.15) is 11.4 Å². The van der Waals surface area contributed by atoms with Crippen molar-refractivity contribution in [2.24, 2.45) is 7.05 Å². The molecule has 3 aromatic carbocycles. The lowest BCUT2D eigenvalue weighted by atomic mass is 10.1. The van der Waals surface area contributed by atoms with Crippen molar-refractivity contribution in [2.75, 3.05) is 0 Å². The summed E-state index contributed by atoms with van der Waals surface area (Å²) >= 11 is 0. The normalized spacial score (nSPS) is 11.3. The van der Waals surface area contributed by atoms with Crippen molar-refractivity contribution in [1.82, 2.24) is 20.4 Å². The third-order valence-corrected chi connectivity index (χ3v) is 5.55. The van der Waals surface area contributed by atoms with Gasteiger partial charge in [0.05, 0.1) is 17.5 Å². The monoisotopic (exact) mass is 412 g/mol. The van der Waals surface area contributed by atoms with Gasteiger partial charge in [0.25, 0.3) is 0 Å². The number of furan rings is 1. The first-order chi connectivity index (χ1) is 15.0. The van der Waals surface area contributed by atoms with E-state index < -0.39 is 5.91 Å². The van der Waals surface area contributed by atoms with E-state index in [1.165, 1.54) is 0 Å². The van der Waals surface area contributed by atoms with Crippen LogP contribution in [0.3, 0.4) is 0 Å². The number of hydrogen-bond donors (Lipinski definition) is 2. The maximum absolute atomic E-state index is 12.7. The third-order valence-electron chi connectivity index (χ3n) is 5.55. The molecule has 0 saturated carbocycles. The Morgan fingerprint density at radius 3 is 2.58 bits per heavy atom. The summed E-state index contributed by atoms with van der Waals surface area (Å²) in [7, 11) is 1.86. The number of benzene rings is 3. The highest BCUT2D eigenvalue weighted by Crippen LogP contribution is 2.31. The van der Waals surface area contributed by atoms with Crippen molar-refractivity contribution in [2.45, 2.75) is 13.3 Å². The van der Waals surface area contributed by atoms with E-state index in [1.807, 2.05) is 79.2 Å². The topological polar surface area (TPSA) is 89.2 Å². The maximum Gasteiger partial charge on any atom is 0.305 e. The third kappa shape index (κ3) is 3.20. The number of rotatable bonds is 3. The van der Waals surface area contributed by atoms with Crippen LogP contribution in [-0.2, 0) is 18.3 Å². The summed E-state index contributed by atoms with van der Waals surface area (Å²) in [6.45, 7) is 1.83. The molecule has 0 spiro atoms. The molecule has 7 heteroatoms. The summed E-state index contributed by atoms with van der Waals surface area (Å²) < 4.78 is 7.77. The predicted molar refractivity (Wildman–Crippen MR) is 118 cm³/mol. The lowest BCUT2D eigenvalue weighted by Gasteiger charge is -2.06. The molecule has 0 fully saturated rings. The molecule has 0 unspecified atom stereocenters. The van der Waals surface area contributed by atoms with Crippen LogP contribution in [0, 0.1) is 6.92 Å². The molecule has 31 heavy (non-hydrogen) atoms. The summed E-state index contributed by atoms with van der Waals surface area (Å²) in [5.74, 6) is -0.0872. The SMILES string of the molecule is Cc1c(C(=O)NNC(=O)Cc2nc3ccccc3n2C)oc2c1ccc1ccccc12. The van der Waals surface area contributed by atoms with Gasteiger partial charge in [-0.05, 0) is 24.4 Å². The fourth-order valence-corrected chi connectivity index (χ4v) is 3.89. The van der Waals surface area contributed by atoms with Gasteiger partial charge in [0.15, 0.2) is 5.76 Å². The molecule has 0 aliphatic rings. The van der Waals surface area contributed by atoms with E-state index in [9.17, 15) is 9.59 Å². The maximum atomic E-state index is 12.7. The second-order valence-corrected chi connectivity index (χ2v) is 7.47. The van der Waals surface area contributed by atoms with Gasteiger partial charge in [0.2, 0.25) is 5.91 Å². The fourth-order valence-electron chi connectivity index (χ4n) is 3.89. The van der Waals surface area contributed by atoms with Gasteiger partial charge >= 0.3 is 5.91 Å². The van der Waals surface area contributed by atoms with Crippen molar-refractivity contribution in [3.05, 3.63) is 77.8 Å². The Morgan fingerprint density at radius 2 is 1.74 bits per heavy atom. The van der Waals surface area contributed by atoms with Gasteiger partial charge in [-0.15, -0.1) is 0 Å². The molecule has 2 amide bonds. The highest BCUT2D eigenvalue weighted by molar-refractivity contribution is 6.09. The van der Waals surface area contributed by atoms with Crippen LogP contribution in [0.1, 0.15) is 21.9 Å². The molecule has 0 aliphatic heterocycles. The van der Waals surface area contributed by atoms with E-state index in [2.05, 4.69) is 15.8 Å². The van der Waals surface area contributed by atoms with Crippen LogP contribution in [0.2, 0.25) is 0 Å². The quantitative estimate of drug-likeness (QED) is 0.441. The second kappa shape index (κ2) is 7.28. The number of para-hydroxylation sites is 2. The van der Waals surface area contributed by atoms with Crippen molar-refractivity contribution < 1.29 is 14.0 Å². The zero-order chi connectivity index (χ0) is 21.5. The number of imidazole rings is 1. The number of aromatic nitrogens is 2. The largest absolute Gasteiger partial charge is 0.450 e. The zero-order valence-electron chi connectivity index (χ0n) is 17.1. The van der Waals surface area contributed by atoms with Gasteiger partial charge in [0, 0.05) is 23.4 Å². The Hall–Kier alpha value is -4.13. The van der Waals surface area contributed by atoms with Gasteiger partial charge in [-0.3, -0.25) is 20.4 Å². The van der Waals surface area contributed by atoms with Crippen molar-refractivity contribution in [3.63, 3.8) is 0 Å². The summed E-state index contributed by atoms with van der Waals surface area (Å²) in [6, 6.07) is 19.4. The number of carbonyl (C=O) groups excluding carboxylic acids is 2. The Labute approximate surface area is 177 Å². The van der Waals surface area contributed by atoms with Crippen LogP contribution in [0.4, 0.5) is 0 Å². The lowest BCUT2D eigenvalue weighted by Crippen LogP contribution is -2.42. The standard InChI is InChI=1S/C24H20N4O3/c1-14-16-12-11-15-7-3-4-8-17(15)23(16)31-22(14)24(30)27-26-21(29)13-20-25-18-9-5-6-10-19(18)28(20)2/h3-12H,13H2,1-2H3,(H,26,29)(H,27,30). The number of hydrazine groups is 1. The zero-order valence-corrected chi connectivity index (χ0v) is 17.1. The predicted octanol–water partition coefficient (Wildman–Crippen LogP) is 3.78. The number of fused-ring (bicyclic) bond motifs is 4. The van der Waals surface area contributed by atoms with E-state index in [0.29, 0.717) is 11.4 Å². The van der Waals surface area contributed by atoms with E-state index in [-0.39, 0.29) is 18.1 Å². The first kappa shape index (κ1) is 18.9. The Kier molecular flexibility index (Phi) is 4.43. The molecule has 2 heterocycles. The Balaban J connectivity index is 1.33. The summed E-state index contributed by atoms with van der Waals surface area (Å²) in [4.78, 5) is 29.6. The first-order valence-electron chi connectivity index (χ1n) is 9.93. The average Bonchev–Trinajstić information content (AvgIpc) is 3.29. The number of nitrogens with zero attached hydrogens (tertiary/aromatic N) is 2. The molecule has 0 aliphatic carbocycles. The molecule has 7 nitrogen and oxygen atoms in total. The van der Waals surface area contributed by atoms with Gasteiger partial charge in [-0.25, -0.2) is 4.98 Å². The second-order valence-electron chi connectivity index (χ2n) is 7.47. The molecule has 154 valence electrons. The van der Waals surface area contributed by atoms with Gasteiger partial charge < -0.3 is 8.98 Å². The molecule has 5 aromatic rings. The number of nitrogens with one attached hydrogen (secondary N) is 2. The van der Waals surface area contributed by atoms with Crippen LogP contribution in [-0.4, -0.2) is 21.4 Å². The minimum atomic E-state index is -0.504. The van der Waals surface area contributed by atoms with Gasteiger partial charge in [-0.1, -0.05) is 48.5 Å². The molecule has 0 bridgehead atoms. The van der Waals surface area contributed by atoms with E-state index >= 15 is 0 Å². The van der Waals surface area contributed by atoms with Crippen molar-refractivity contribution in [3.8, 4) is 0 Å². The number of hydrogen-bond acceptors (Lipinski definition) is 4. The highest BCUT2D eigenvalue weighted by atomic mass is 16.3. The van der Waals surface area contributed by atoms with Crippen LogP contribution < -0.4 is 10.9 Å². The number of amides is 2. The van der Waals surface area contributed by atoms with Crippen LogP contribution in [0.25, 0.3) is 32.8 Å². The molecule has 2 N–H and O–H groups in total. The van der Waals surface area contributed by atoms with Gasteiger partial charge in [-0.2, -0.15) is 0 Å². The van der Waals surface area contributed by atoms with Crippen molar-refractivity contribution in [1.29, 1.82) is 0 Å². The van der Waals surface area contributed by atoms with Crippen LogP contribution >= 0.6 is 0 Å². The average molecular weight is 412 g/mol. The fraction of sp³-hybridized carbons (Fsp3) is 0.125. The van der Waals surface area contributed by atoms with E-state index in [4.69, 9.17) is 4.42 Å². The van der Waals surface area contributed by atoms with Crippen LogP contribution in [0.15, 0.2) is 65.1 Å². The first-order valence-corrected chi connectivity index (χ1v) is 9.93. The number of aryl methyl sites for hydroxylation is 2. The Morgan fingerprint density at radius 1 is 0.968 bits per heavy atom. The number of carbonyl (C=O) groups is 2. The lowest BCUT2D eigenvalue weighted by molar-refractivity contribution is -0.121. The smallest absolute Gasteiger partial charge is 0.305 e. The van der Waals surface area contributed by atoms with E-state index in [0.717, 1.165) is 32.8 Å². The highest BCUT2D eigenvalue weighted by Gasteiger charge is 2.20. The van der Waals surface area contributed by atoms with E-state index in [1.54, 1.807) is 0 Å².